The molecule has 0 unspecified atom stereocenters. The highest BCUT2D eigenvalue weighted by molar-refractivity contribution is 5.72. The van der Waals surface area contributed by atoms with Crippen LogP contribution in [0.1, 0.15) is 12.8 Å². The molecular weight excluding hydrogens is 264 g/mol. The van der Waals surface area contributed by atoms with E-state index in [9.17, 15) is 14.9 Å². The number of nitro groups is 1. The first kappa shape index (κ1) is 14.1. The molecule has 0 saturated carbocycles. The number of aliphatic carboxylic acids is 1. The van der Waals surface area contributed by atoms with Gasteiger partial charge >= 0.3 is 11.7 Å². The molecule has 0 bridgehead atoms. The van der Waals surface area contributed by atoms with Crippen LogP contribution in [0.25, 0.3) is 0 Å². The van der Waals surface area contributed by atoms with Gasteiger partial charge in [-0.25, -0.2) is 0 Å². The SMILES string of the molecule is COc1cccc(N2CCC(C(=O)O)CC2)c1[N+](=O)[O-]. The first-order valence-corrected chi connectivity index (χ1v) is 6.33. The summed E-state index contributed by atoms with van der Waals surface area (Å²) in [6.07, 6.45) is 0.980. The molecule has 0 spiro atoms. The second-order valence-electron chi connectivity index (χ2n) is 4.68. The molecule has 0 aliphatic carbocycles. The maximum absolute atomic E-state index is 11.2. The van der Waals surface area contributed by atoms with Crippen LogP contribution in [0.5, 0.6) is 5.75 Å². The van der Waals surface area contributed by atoms with E-state index >= 15 is 0 Å². The van der Waals surface area contributed by atoms with Crippen molar-refractivity contribution in [2.75, 3.05) is 25.1 Å². The maximum Gasteiger partial charge on any atom is 0.333 e. The Hall–Kier alpha value is -2.31. The van der Waals surface area contributed by atoms with Gasteiger partial charge in [0, 0.05) is 13.1 Å². The number of carbonyl (C=O) groups is 1. The standard InChI is InChI=1S/C13H16N2O5/c1-20-11-4-2-3-10(12(11)15(18)19)14-7-5-9(6-8-14)13(16)17/h2-4,9H,5-8H2,1H3,(H,16,17). The number of hydrogen-bond acceptors (Lipinski definition) is 5. The van der Waals surface area contributed by atoms with Crippen LogP contribution in [0.2, 0.25) is 0 Å². The Morgan fingerprint density at radius 3 is 2.60 bits per heavy atom. The Morgan fingerprint density at radius 1 is 1.45 bits per heavy atom. The fourth-order valence-electron chi connectivity index (χ4n) is 2.48. The van der Waals surface area contributed by atoms with E-state index < -0.39 is 10.9 Å². The quantitative estimate of drug-likeness (QED) is 0.669. The molecule has 2 rings (SSSR count). The monoisotopic (exact) mass is 280 g/mol. The van der Waals surface area contributed by atoms with Crippen molar-refractivity contribution in [2.24, 2.45) is 5.92 Å². The molecule has 0 atom stereocenters. The fraction of sp³-hybridized carbons (Fsp3) is 0.462. The van der Waals surface area contributed by atoms with E-state index in [4.69, 9.17) is 9.84 Å². The maximum atomic E-state index is 11.2. The summed E-state index contributed by atoms with van der Waals surface area (Å²) in [7, 11) is 1.39. The van der Waals surface area contributed by atoms with Gasteiger partial charge in [0.05, 0.1) is 18.0 Å². The number of hydrogen-bond donors (Lipinski definition) is 1. The van der Waals surface area contributed by atoms with Crippen molar-refractivity contribution in [1.82, 2.24) is 0 Å². The Balaban J connectivity index is 2.26. The van der Waals surface area contributed by atoms with Gasteiger partial charge in [-0.2, -0.15) is 0 Å². The highest BCUT2D eigenvalue weighted by Gasteiger charge is 2.29. The van der Waals surface area contributed by atoms with Crippen molar-refractivity contribution in [3.63, 3.8) is 0 Å². The first-order valence-electron chi connectivity index (χ1n) is 6.33. The van der Waals surface area contributed by atoms with Gasteiger partial charge < -0.3 is 14.7 Å². The van der Waals surface area contributed by atoms with Crippen molar-refractivity contribution >= 4 is 17.3 Å². The van der Waals surface area contributed by atoms with Crippen molar-refractivity contribution in [1.29, 1.82) is 0 Å². The Morgan fingerprint density at radius 2 is 2.10 bits per heavy atom. The predicted octanol–water partition coefficient (Wildman–Crippen LogP) is 1.90. The summed E-state index contributed by atoms with van der Waals surface area (Å²) in [6, 6.07) is 4.91. The van der Waals surface area contributed by atoms with E-state index in [1.54, 1.807) is 18.2 Å². The molecule has 20 heavy (non-hydrogen) atoms. The number of carboxylic acid groups (broad SMARTS) is 1. The zero-order valence-electron chi connectivity index (χ0n) is 11.1. The van der Waals surface area contributed by atoms with E-state index in [0.717, 1.165) is 0 Å². The van der Waals surface area contributed by atoms with Gasteiger partial charge in [0.1, 0.15) is 5.69 Å². The van der Waals surface area contributed by atoms with E-state index in [1.807, 2.05) is 4.90 Å². The van der Waals surface area contributed by atoms with Crippen LogP contribution >= 0.6 is 0 Å². The predicted molar refractivity (Wildman–Crippen MR) is 72.2 cm³/mol. The molecule has 1 aromatic carbocycles. The number of nitrogens with zero attached hydrogens (tertiary/aromatic N) is 2. The number of anilines is 1. The van der Waals surface area contributed by atoms with E-state index in [1.165, 1.54) is 7.11 Å². The summed E-state index contributed by atoms with van der Waals surface area (Å²) in [5.41, 5.74) is 0.418. The van der Waals surface area contributed by atoms with E-state index in [2.05, 4.69) is 0 Å². The minimum atomic E-state index is -0.801. The molecule has 1 heterocycles. The number of benzene rings is 1. The zero-order chi connectivity index (χ0) is 14.7. The van der Waals surface area contributed by atoms with Gasteiger partial charge in [-0.3, -0.25) is 14.9 Å². The highest BCUT2D eigenvalue weighted by atomic mass is 16.6. The molecule has 1 fully saturated rings. The average molecular weight is 280 g/mol. The number of carboxylic acids is 1. The van der Waals surface area contributed by atoms with Crippen molar-refractivity contribution in [3.05, 3.63) is 28.3 Å². The number of para-hydroxylation sites is 1. The molecule has 7 nitrogen and oxygen atoms in total. The molecule has 1 aliphatic rings. The number of ether oxygens (including phenoxy) is 1. The third-order valence-electron chi connectivity index (χ3n) is 3.57. The second-order valence-corrected chi connectivity index (χ2v) is 4.68. The summed E-state index contributed by atoms with van der Waals surface area (Å²) >= 11 is 0. The van der Waals surface area contributed by atoms with Gasteiger partial charge in [0.25, 0.3) is 0 Å². The minimum absolute atomic E-state index is 0.0659. The van der Waals surface area contributed by atoms with Crippen LogP contribution in [0, 0.1) is 16.0 Å². The lowest BCUT2D eigenvalue weighted by atomic mass is 9.96. The molecule has 1 aromatic rings. The summed E-state index contributed by atoms with van der Waals surface area (Å²) in [6.45, 7) is 0.982. The van der Waals surface area contributed by atoms with Gasteiger partial charge in [0.15, 0.2) is 5.75 Å². The average Bonchev–Trinajstić information content (AvgIpc) is 2.46. The van der Waals surface area contributed by atoms with Gasteiger partial charge in [0.2, 0.25) is 0 Å². The topological polar surface area (TPSA) is 92.9 Å². The number of piperidine rings is 1. The van der Waals surface area contributed by atoms with Gasteiger partial charge in [-0.1, -0.05) is 6.07 Å². The minimum Gasteiger partial charge on any atom is -0.490 e. The molecule has 1 aliphatic heterocycles. The molecule has 0 amide bonds. The molecule has 1 N–H and O–H groups in total. The van der Waals surface area contributed by atoms with E-state index in [-0.39, 0.29) is 17.4 Å². The van der Waals surface area contributed by atoms with Gasteiger partial charge in [-0.15, -0.1) is 0 Å². The molecule has 0 aromatic heterocycles. The van der Waals surface area contributed by atoms with Crippen molar-refractivity contribution in [3.8, 4) is 5.75 Å². The van der Waals surface area contributed by atoms with Crippen LogP contribution < -0.4 is 9.64 Å². The number of methoxy groups -OCH3 is 1. The number of rotatable bonds is 4. The smallest absolute Gasteiger partial charge is 0.333 e. The van der Waals surface area contributed by atoms with E-state index in [0.29, 0.717) is 31.6 Å². The lowest BCUT2D eigenvalue weighted by molar-refractivity contribution is -0.385. The van der Waals surface area contributed by atoms with Crippen LogP contribution in [0.4, 0.5) is 11.4 Å². The summed E-state index contributed by atoms with van der Waals surface area (Å²) < 4.78 is 5.04. The third kappa shape index (κ3) is 2.66. The van der Waals surface area contributed by atoms with Crippen molar-refractivity contribution < 1.29 is 19.6 Å². The lowest BCUT2D eigenvalue weighted by Gasteiger charge is -2.31. The third-order valence-corrected chi connectivity index (χ3v) is 3.57. The Labute approximate surface area is 115 Å². The molecule has 1 saturated heterocycles. The summed E-state index contributed by atoms with van der Waals surface area (Å²) in [4.78, 5) is 23.5. The molecule has 108 valence electrons. The second kappa shape index (κ2) is 5.77. The Bertz CT molecular complexity index is 523. The molecule has 0 radical (unpaired) electrons. The largest absolute Gasteiger partial charge is 0.490 e. The van der Waals surface area contributed by atoms with Crippen LogP contribution in [0.3, 0.4) is 0 Å². The van der Waals surface area contributed by atoms with Crippen molar-refractivity contribution in [2.45, 2.75) is 12.8 Å². The first-order chi connectivity index (χ1) is 9.54. The summed E-state index contributed by atoms with van der Waals surface area (Å²) in [5, 5.41) is 20.2. The summed E-state index contributed by atoms with van der Waals surface area (Å²) in [5.74, 6) is -0.950. The van der Waals surface area contributed by atoms with Gasteiger partial charge in [-0.05, 0) is 25.0 Å². The zero-order valence-corrected chi connectivity index (χ0v) is 11.1. The molecular formula is C13H16N2O5. The molecule has 7 heteroatoms. The highest BCUT2D eigenvalue weighted by Crippen LogP contribution is 2.38. The Kier molecular flexibility index (Phi) is 4.07. The van der Waals surface area contributed by atoms with Crippen LogP contribution in [-0.2, 0) is 4.79 Å². The lowest BCUT2D eigenvalue weighted by Crippen LogP contribution is -2.36. The van der Waals surface area contributed by atoms with Crippen LogP contribution in [0.15, 0.2) is 18.2 Å². The van der Waals surface area contributed by atoms with Crippen LogP contribution in [-0.4, -0.2) is 36.2 Å². The fourth-order valence-corrected chi connectivity index (χ4v) is 2.48. The number of nitro benzene ring substituents is 1. The normalized spacial score (nSPS) is 15.9.